The summed E-state index contributed by atoms with van der Waals surface area (Å²) < 4.78 is 11.5. The van der Waals surface area contributed by atoms with E-state index in [0.717, 1.165) is 37.8 Å². The van der Waals surface area contributed by atoms with Gasteiger partial charge >= 0.3 is 6.09 Å². The average Bonchev–Trinajstić information content (AvgIpc) is 3.17. The van der Waals surface area contributed by atoms with E-state index >= 15 is 0 Å². The number of ether oxygens (including phenoxy) is 2. The van der Waals surface area contributed by atoms with Crippen LogP contribution in [0.1, 0.15) is 51.2 Å². The van der Waals surface area contributed by atoms with E-state index in [9.17, 15) is 4.79 Å². The number of likely N-dealkylation sites (tertiary alicyclic amines) is 1. The van der Waals surface area contributed by atoms with Crippen LogP contribution in [-0.4, -0.2) is 40.8 Å². The first-order chi connectivity index (χ1) is 13.5. The fourth-order valence-corrected chi connectivity index (χ4v) is 3.23. The summed E-state index contributed by atoms with van der Waals surface area (Å²) >= 11 is 0. The number of carbonyl (C=O) groups excluding carboxylic acids is 1. The van der Waals surface area contributed by atoms with Crippen LogP contribution in [0.15, 0.2) is 48.7 Å². The molecule has 0 saturated carbocycles. The van der Waals surface area contributed by atoms with Crippen molar-refractivity contribution < 1.29 is 14.3 Å². The summed E-state index contributed by atoms with van der Waals surface area (Å²) in [6.07, 6.45) is 5.14. The zero-order valence-corrected chi connectivity index (χ0v) is 17.1. The van der Waals surface area contributed by atoms with E-state index < -0.39 is 5.60 Å². The summed E-state index contributed by atoms with van der Waals surface area (Å²) in [4.78, 5) is 18.7. The minimum absolute atomic E-state index is 0.0333. The summed E-state index contributed by atoms with van der Waals surface area (Å²) in [5.41, 5.74) is 1.96. The molecule has 0 bridgehead atoms. The van der Waals surface area contributed by atoms with E-state index in [2.05, 4.69) is 17.1 Å². The van der Waals surface area contributed by atoms with Gasteiger partial charge in [-0.25, -0.2) is 9.78 Å². The van der Waals surface area contributed by atoms with Crippen LogP contribution < -0.4 is 4.74 Å². The van der Waals surface area contributed by atoms with Crippen molar-refractivity contribution in [3.8, 4) is 5.88 Å². The molecule has 1 aliphatic heterocycles. The van der Waals surface area contributed by atoms with Crippen molar-refractivity contribution in [3.63, 3.8) is 0 Å². The van der Waals surface area contributed by atoms with E-state index in [1.54, 1.807) is 4.90 Å². The van der Waals surface area contributed by atoms with Gasteiger partial charge in [-0.15, -0.1) is 0 Å². The lowest BCUT2D eigenvalue weighted by molar-refractivity contribution is 0.00594. The average molecular weight is 383 g/mol. The van der Waals surface area contributed by atoms with Crippen LogP contribution in [0.25, 0.3) is 0 Å². The van der Waals surface area contributed by atoms with Crippen LogP contribution in [0.3, 0.4) is 0 Å². The third-order valence-corrected chi connectivity index (χ3v) is 5.30. The molecule has 0 radical (unpaired) electrons. The van der Waals surface area contributed by atoms with E-state index in [1.807, 2.05) is 57.3 Å². The standard InChI is InChI=1S/C23H30N2O3/c1-4-23(2,3)28-22(26)25-14-8-11-20(25)17-27-21-13-12-19(16-24-21)15-18-9-6-5-7-10-18/h5-7,9-10,12-13,16,20H,4,8,11,14-15,17H2,1-3H3. The SMILES string of the molecule is CCC(C)(C)OC(=O)N1CCCC1COc1ccc(Cc2ccccc2)cn1. The predicted octanol–water partition coefficient (Wildman–Crippen LogP) is 4.84. The van der Waals surface area contributed by atoms with Crippen LogP contribution in [0.5, 0.6) is 5.88 Å². The molecule has 5 heteroatoms. The number of aromatic nitrogens is 1. The predicted molar refractivity (Wildman–Crippen MR) is 110 cm³/mol. The molecule has 1 atom stereocenters. The van der Waals surface area contributed by atoms with Gasteiger partial charge in [0.05, 0.1) is 6.04 Å². The summed E-state index contributed by atoms with van der Waals surface area (Å²) in [5.74, 6) is 0.589. The lowest BCUT2D eigenvalue weighted by atomic mass is 10.1. The summed E-state index contributed by atoms with van der Waals surface area (Å²) in [6.45, 7) is 7.05. The molecule has 1 amide bonds. The quantitative estimate of drug-likeness (QED) is 0.687. The first-order valence-corrected chi connectivity index (χ1v) is 10.1. The maximum Gasteiger partial charge on any atom is 0.410 e. The molecule has 1 aliphatic rings. The highest BCUT2D eigenvalue weighted by Gasteiger charge is 2.33. The molecule has 1 fully saturated rings. The second kappa shape index (κ2) is 9.09. The molecule has 5 nitrogen and oxygen atoms in total. The Hall–Kier alpha value is -2.56. The van der Waals surface area contributed by atoms with Gasteiger partial charge in [0.15, 0.2) is 0 Å². The topological polar surface area (TPSA) is 51.7 Å². The van der Waals surface area contributed by atoms with Crippen LogP contribution in [-0.2, 0) is 11.2 Å². The second-order valence-electron chi connectivity index (χ2n) is 7.95. The van der Waals surface area contributed by atoms with Gasteiger partial charge < -0.3 is 14.4 Å². The Morgan fingerprint density at radius 1 is 1.18 bits per heavy atom. The van der Waals surface area contributed by atoms with Gasteiger partial charge in [0.2, 0.25) is 5.88 Å². The van der Waals surface area contributed by atoms with E-state index in [4.69, 9.17) is 9.47 Å². The molecule has 1 saturated heterocycles. The zero-order chi connectivity index (χ0) is 20.0. The van der Waals surface area contributed by atoms with Gasteiger partial charge in [0.1, 0.15) is 12.2 Å². The first-order valence-electron chi connectivity index (χ1n) is 10.1. The van der Waals surface area contributed by atoms with Crippen molar-refractivity contribution in [2.45, 2.75) is 58.1 Å². The smallest absolute Gasteiger partial charge is 0.410 e. The molecule has 1 aromatic carbocycles. The molecule has 0 aliphatic carbocycles. The molecular formula is C23H30N2O3. The Bertz CT molecular complexity index is 759. The number of carbonyl (C=O) groups is 1. The molecule has 3 rings (SSSR count). The minimum atomic E-state index is -0.443. The second-order valence-corrected chi connectivity index (χ2v) is 7.95. The third-order valence-electron chi connectivity index (χ3n) is 5.30. The highest BCUT2D eigenvalue weighted by Crippen LogP contribution is 2.23. The highest BCUT2D eigenvalue weighted by atomic mass is 16.6. The van der Waals surface area contributed by atoms with Crippen LogP contribution >= 0.6 is 0 Å². The van der Waals surface area contributed by atoms with Crippen LogP contribution in [0.2, 0.25) is 0 Å². The molecule has 28 heavy (non-hydrogen) atoms. The fourth-order valence-electron chi connectivity index (χ4n) is 3.23. The number of rotatable bonds is 7. The molecule has 0 N–H and O–H groups in total. The molecule has 2 aromatic rings. The maximum atomic E-state index is 12.5. The van der Waals surface area contributed by atoms with Gasteiger partial charge in [-0.1, -0.05) is 43.3 Å². The number of pyridine rings is 1. The van der Waals surface area contributed by atoms with Crippen LogP contribution in [0, 0.1) is 0 Å². The molecule has 0 spiro atoms. The summed E-state index contributed by atoms with van der Waals surface area (Å²) in [5, 5.41) is 0. The van der Waals surface area contributed by atoms with Crippen molar-refractivity contribution in [1.29, 1.82) is 0 Å². The lowest BCUT2D eigenvalue weighted by Gasteiger charge is -2.30. The Morgan fingerprint density at radius 3 is 2.64 bits per heavy atom. The number of benzene rings is 1. The number of amides is 1. The molecule has 2 heterocycles. The fraction of sp³-hybridized carbons (Fsp3) is 0.478. The Kier molecular flexibility index (Phi) is 6.55. The van der Waals surface area contributed by atoms with Gasteiger partial charge in [0, 0.05) is 18.8 Å². The molecular weight excluding hydrogens is 352 g/mol. The largest absolute Gasteiger partial charge is 0.475 e. The normalized spacial score (nSPS) is 16.8. The van der Waals surface area contributed by atoms with Crippen LogP contribution in [0.4, 0.5) is 4.79 Å². The highest BCUT2D eigenvalue weighted by molar-refractivity contribution is 5.69. The third kappa shape index (κ3) is 5.47. The van der Waals surface area contributed by atoms with Crippen molar-refractivity contribution in [3.05, 3.63) is 59.8 Å². The Morgan fingerprint density at radius 2 is 1.96 bits per heavy atom. The number of nitrogens with zero attached hydrogens (tertiary/aromatic N) is 2. The maximum absolute atomic E-state index is 12.5. The summed E-state index contributed by atoms with van der Waals surface area (Å²) in [6, 6.07) is 14.3. The lowest BCUT2D eigenvalue weighted by Crippen LogP contribution is -2.42. The van der Waals surface area contributed by atoms with E-state index in [-0.39, 0.29) is 12.1 Å². The van der Waals surface area contributed by atoms with Crippen molar-refractivity contribution in [1.82, 2.24) is 9.88 Å². The van der Waals surface area contributed by atoms with Crippen molar-refractivity contribution >= 4 is 6.09 Å². The van der Waals surface area contributed by atoms with Crippen molar-refractivity contribution in [2.24, 2.45) is 0 Å². The molecule has 1 aromatic heterocycles. The minimum Gasteiger partial charge on any atom is -0.475 e. The van der Waals surface area contributed by atoms with E-state index in [0.29, 0.717) is 12.5 Å². The van der Waals surface area contributed by atoms with Gasteiger partial charge in [-0.2, -0.15) is 0 Å². The zero-order valence-electron chi connectivity index (χ0n) is 17.1. The molecule has 150 valence electrons. The number of hydrogen-bond acceptors (Lipinski definition) is 4. The Balaban J connectivity index is 1.52. The van der Waals surface area contributed by atoms with E-state index in [1.165, 1.54) is 5.56 Å². The van der Waals surface area contributed by atoms with Gasteiger partial charge in [-0.05, 0) is 50.7 Å². The summed E-state index contributed by atoms with van der Waals surface area (Å²) in [7, 11) is 0. The van der Waals surface area contributed by atoms with Crippen molar-refractivity contribution in [2.75, 3.05) is 13.2 Å². The first kappa shape index (κ1) is 20.2. The van der Waals surface area contributed by atoms with Gasteiger partial charge in [0.25, 0.3) is 0 Å². The van der Waals surface area contributed by atoms with Gasteiger partial charge in [-0.3, -0.25) is 0 Å². The number of hydrogen-bond donors (Lipinski definition) is 0. The monoisotopic (exact) mass is 382 g/mol. The Labute approximate surface area is 167 Å². The molecule has 1 unspecified atom stereocenters.